The summed E-state index contributed by atoms with van der Waals surface area (Å²) in [6.45, 7) is -0.304. The van der Waals surface area contributed by atoms with Crippen molar-refractivity contribution in [2.75, 3.05) is 6.61 Å². The molecule has 0 aliphatic rings. The molecule has 1 atom stereocenters. The Balaban J connectivity index is 2.54. The summed E-state index contributed by atoms with van der Waals surface area (Å²) < 4.78 is 0.610. The Kier molecular flexibility index (Phi) is 5.84. The number of halogens is 1. The van der Waals surface area contributed by atoms with Crippen molar-refractivity contribution in [1.82, 2.24) is 5.32 Å². The standard InChI is InChI=1S/C11H12ClNO4S/c12-9-3-1-7(18-9)2-4-10(15)13-8(5-6-14)11(16)17/h1-4,8,14H,5-6H2,(H,13,15)(H,16,17). The van der Waals surface area contributed by atoms with Gasteiger partial charge in [0.25, 0.3) is 0 Å². The van der Waals surface area contributed by atoms with Crippen LogP contribution in [0.4, 0.5) is 0 Å². The van der Waals surface area contributed by atoms with Gasteiger partial charge in [-0.25, -0.2) is 4.79 Å². The number of carbonyl (C=O) groups is 2. The number of aliphatic hydroxyl groups is 1. The molecule has 1 aromatic rings. The second kappa shape index (κ2) is 7.15. The zero-order chi connectivity index (χ0) is 13.5. The molecule has 1 amide bonds. The molecule has 1 heterocycles. The lowest BCUT2D eigenvalue weighted by Crippen LogP contribution is -2.40. The highest BCUT2D eigenvalue weighted by molar-refractivity contribution is 7.17. The third kappa shape index (κ3) is 4.87. The maximum absolute atomic E-state index is 11.4. The van der Waals surface area contributed by atoms with Gasteiger partial charge in [0, 0.05) is 24.0 Å². The highest BCUT2D eigenvalue weighted by atomic mass is 35.5. The minimum Gasteiger partial charge on any atom is -0.480 e. The number of hydrogen-bond donors (Lipinski definition) is 3. The molecule has 1 rings (SSSR count). The van der Waals surface area contributed by atoms with Crippen molar-refractivity contribution in [3.8, 4) is 0 Å². The van der Waals surface area contributed by atoms with E-state index in [-0.39, 0.29) is 13.0 Å². The lowest BCUT2D eigenvalue weighted by Gasteiger charge is -2.10. The predicted octanol–water partition coefficient (Wildman–Crippen LogP) is 1.37. The smallest absolute Gasteiger partial charge is 0.326 e. The Morgan fingerprint density at radius 3 is 2.72 bits per heavy atom. The summed E-state index contributed by atoms with van der Waals surface area (Å²) in [5.74, 6) is -1.70. The summed E-state index contributed by atoms with van der Waals surface area (Å²) in [5, 5.41) is 19.7. The average Bonchev–Trinajstić information content (AvgIpc) is 2.72. The first-order chi connectivity index (χ1) is 8.52. The molecule has 0 fully saturated rings. The van der Waals surface area contributed by atoms with Gasteiger partial charge < -0.3 is 15.5 Å². The Morgan fingerprint density at radius 2 is 2.22 bits per heavy atom. The Morgan fingerprint density at radius 1 is 1.50 bits per heavy atom. The van der Waals surface area contributed by atoms with Gasteiger partial charge in [0.2, 0.25) is 5.91 Å². The second-order valence-corrected chi connectivity index (χ2v) is 5.13. The Bertz CT molecular complexity index is 458. The number of aliphatic hydroxyl groups excluding tert-OH is 1. The van der Waals surface area contributed by atoms with Crippen LogP contribution in [0.15, 0.2) is 18.2 Å². The van der Waals surface area contributed by atoms with Crippen molar-refractivity contribution in [2.24, 2.45) is 0 Å². The zero-order valence-electron chi connectivity index (χ0n) is 9.30. The minimum atomic E-state index is -1.18. The summed E-state index contributed by atoms with van der Waals surface area (Å²) in [5.41, 5.74) is 0. The van der Waals surface area contributed by atoms with Crippen LogP contribution in [0.2, 0.25) is 4.34 Å². The first-order valence-corrected chi connectivity index (χ1v) is 6.30. The van der Waals surface area contributed by atoms with Crippen LogP contribution >= 0.6 is 22.9 Å². The van der Waals surface area contributed by atoms with Crippen LogP contribution in [0, 0.1) is 0 Å². The van der Waals surface area contributed by atoms with Crippen LogP contribution in [0.1, 0.15) is 11.3 Å². The molecule has 98 valence electrons. The molecule has 1 aromatic heterocycles. The van der Waals surface area contributed by atoms with Gasteiger partial charge in [-0.05, 0) is 18.2 Å². The van der Waals surface area contributed by atoms with Crippen LogP contribution in [0.5, 0.6) is 0 Å². The quantitative estimate of drug-likeness (QED) is 0.690. The second-order valence-electron chi connectivity index (χ2n) is 3.39. The van der Waals surface area contributed by atoms with Crippen LogP contribution < -0.4 is 5.32 Å². The molecule has 3 N–H and O–H groups in total. The van der Waals surface area contributed by atoms with E-state index >= 15 is 0 Å². The van der Waals surface area contributed by atoms with E-state index in [4.69, 9.17) is 21.8 Å². The third-order valence-electron chi connectivity index (χ3n) is 2.03. The number of hydrogen-bond acceptors (Lipinski definition) is 4. The molecule has 5 nitrogen and oxygen atoms in total. The number of nitrogens with one attached hydrogen (secondary N) is 1. The van der Waals surface area contributed by atoms with Gasteiger partial charge in [-0.15, -0.1) is 11.3 Å². The molecule has 0 aromatic carbocycles. The predicted molar refractivity (Wildman–Crippen MR) is 69.6 cm³/mol. The van der Waals surface area contributed by atoms with Crippen LogP contribution in [0.3, 0.4) is 0 Å². The van der Waals surface area contributed by atoms with Crippen molar-refractivity contribution in [1.29, 1.82) is 0 Å². The lowest BCUT2D eigenvalue weighted by molar-refractivity contribution is -0.141. The molecule has 1 unspecified atom stereocenters. The molecule has 0 bridgehead atoms. The zero-order valence-corrected chi connectivity index (χ0v) is 10.9. The molecule has 0 radical (unpaired) electrons. The van der Waals surface area contributed by atoms with E-state index in [0.29, 0.717) is 4.34 Å². The molecule has 0 saturated heterocycles. The number of carboxylic acids is 1. The fraction of sp³-hybridized carbons (Fsp3) is 0.273. The Labute approximate surface area is 113 Å². The highest BCUT2D eigenvalue weighted by Gasteiger charge is 2.17. The molecular formula is C11H12ClNO4S. The molecule has 7 heteroatoms. The van der Waals surface area contributed by atoms with Crippen molar-refractivity contribution < 1.29 is 19.8 Å². The lowest BCUT2D eigenvalue weighted by atomic mass is 10.2. The van der Waals surface area contributed by atoms with Gasteiger partial charge in [-0.1, -0.05) is 11.6 Å². The van der Waals surface area contributed by atoms with E-state index in [1.807, 2.05) is 0 Å². The number of carbonyl (C=O) groups excluding carboxylic acids is 1. The molecular weight excluding hydrogens is 278 g/mol. The monoisotopic (exact) mass is 289 g/mol. The van der Waals surface area contributed by atoms with Crippen molar-refractivity contribution >= 4 is 40.9 Å². The summed E-state index contributed by atoms with van der Waals surface area (Å²) >= 11 is 7.03. The van der Waals surface area contributed by atoms with Crippen molar-refractivity contribution in [3.63, 3.8) is 0 Å². The van der Waals surface area contributed by atoms with Crippen LogP contribution in [0.25, 0.3) is 6.08 Å². The number of carboxylic acid groups (broad SMARTS) is 1. The van der Waals surface area contributed by atoms with Gasteiger partial charge in [0.15, 0.2) is 0 Å². The topological polar surface area (TPSA) is 86.6 Å². The number of aliphatic carboxylic acids is 1. The van der Waals surface area contributed by atoms with Gasteiger partial charge in [-0.3, -0.25) is 4.79 Å². The summed E-state index contributed by atoms with van der Waals surface area (Å²) in [4.78, 5) is 23.0. The summed E-state index contributed by atoms with van der Waals surface area (Å²) in [6.07, 6.45) is 2.75. The van der Waals surface area contributed by atoms with Gasteiger partial charge in [0.1, 0.15) is 6.04 Å². The van der Waals surface area contributed by atoms with E-state index in [1.165, 1.54) is 17.4 Å². The SMILES string of the molecule is O=C(C=Cc1ccc(Cl)s1)NC(CCO)C(=O)O. The average molecular weight is 290 g/mol. The van der Waals surface area contributed by atoms with Gasteiger partial charge >= 0.3 is 5.97 Å². The first-order valence-electron chi connectivity index (χ1n) is 5.10. The van der Waals surface area contributed by atoms with E-state index in [2.05, 4.69) is 5.32 Å². The molecule has 0 aliphatic carbocycles. The largest absolute Gasteiger partial charge is 0.480 e. The fourth-order valence-electron chi connectivity index (χ4n) is 1.18. The Hall–Kier alpha value is -1.37. The molecule has 0 saturated carbocycles. The highest BCUT2D eigenvalue weighted by Crippen LogP contribution is 2.22. The third-order valence-corrected chi connectivity index (χ3v) is 3.22. The van der Waals surface area contributed by atoms with E-state index in [0.717, 1.165) is 4.88 Å². The van der Waals surface area contributed by atoms with Crippen LogP contribution in [-0.2, 0) is 9.59 Å². The summed E-state index contributed by atoms with van der Waals surface area (Å²) in [7, 11) is 0. The normalized spacial score (nSPS) is 12.6. The molecule has 0 aliphatic heterocycles. The maximum Gasteiger partial charge on any atom is 0.326 e. The number of amides is 1. The molecule has 18 heavy (non-hydrogen) atoms. The number of rotatable bonds is 6. The van der Waals surface area contributed by atoms with Crippen molar-refractivity contribution in [3.05, 3.63) is 27.4 Å². The van der Waals surface area contributed by atoms with Gasteiger partial charge in [0.05, 0.1) is 4.34 Å². The van der Waals surface area contributed by atoms with Gasteiger partial charge in [-0.2, -0.15) is 0 Å². The number of thiophene rings is 1. The van der Waals surface area contributed by atoms with E-state index < -0.39 is 17.9 Å². The maximum atomic E-state index is 11.4. The molecule has 0 spiro atoms. The fourth-order valence-corrected chi connectivity index (χ4v) is 2.15. The van der Waals surface area contributed by atoms with Crippen molar-refractivity contribution in [2.45, 2.75) is 12.5 Å². The van der Waals surface area contributed by atoms with Crippen LogP contribution in [-0.4, -0.2) is 34.7 Å². The first kappa shape index (κ1) is 14.7. The minimum absolute atomic E-state index is 0.0280. The van der Waals surface area contributed by atoms with E-state index in [1.54, 1.807) is 18.2 Å². The summed E-state index contributed by atoms with van der Waals surface area (Å²) in [6, 6.07) is 2.37. The van der Waals surface area contributed by atoms with E-state index in [9.17, 15) is 9.59 Å².